The fourth-order valence-corrected chi connectivity index (χ4v) is 4.37. The van der Waals surface area contributed by atoms with E-state index in [2.05, 4.69) is 28.0 Å². The zero-order valence-corrected chi connectivity index (χ0v) is 19.1. The van der Waals surface area contributed by atoms with Crippen LogP contribution in [0.1, 0.15) is 32.4 Å². The van der Waals surface area contributed by atoms with Crippen LogP contribution in [-0.4, -0.2) is 14.5 Å². The van der Waals surface area contributed by atoms with Crippen LogP contribution in [0.3, 0.4) is 0 Å². The van der Waals surface area contributed by atoms with E-state index in [-0.39, 0.29) is 5.56 Å². The summed E-state index contributed by atoms with van der Waals surface area (Å²) < 4.78 is 1.65. The lowest BCUT2D eigenvalue weighted by molar-refractivity contribution is 0.681. The van der Waals surface area contributed by atoms with Crippen molar-refractivity contribution in [3.05, 3.63) is 79.2 Å². The normalized spacial score (nSPS) is 13.3. The van der Waals surface area contributed by atoms with Crippen molar-refractivity contribution >= 4 is 29.3 Å². The van der Waals surface area contributed by atoms with Gasteiger partial charge in [0.1, 0.15) is 10.6 Å². The van der Waals surface area contributed by atoms with Crippen molar-refractivity contribution in [3.8, 4) is 22.4 Å². The molecule has 2 aromatic heterocycles. The molecule has 0 unspecified atom stereocenters. The minimum atomic E-state index is -0.145. The third-order valence-electron chi connectivity index (χ3n) is 5.51. The van der Waals surface area contributed by atoms with Gasteiger partial charge in [-0.05, 0) is 44.4 Å². The molecule has 0 saturated carbocycles. The number of hydrogen-bond donors (Lipinski definition) is 0. The smallest absolute Gasteiger partial charge is 0.260 e. The first-order valence-electron chi connectivity index (χ1n) is 10.2. The number of halogens is 2. The van der Waals surface area contributed by atoms with E-state index in [0.717, 1.165) is 34.2 Å². The molecule has 31 heavy (non-hydrogen) atoms. The predicted molar refractivity (Wildman–Crippen MR) is 126 cm³/mol. The van der Waals surface area contributed by atoms with Gasteiger partial charge < -0.3 is 0 Å². The Morgan fingerprint density at radius 3 is 2.52 bits per heavy atom. The molecule has 3 aromatic rings. The standard InChI is InChI=1S/C24H22Cl2N4O/c1-4-15-6-7-17-12-19(24(31)30(5-2)23(17)29-22(15)26)18-9-8-16(13-20(18)25)21-14(3)27-10-11-28-21/h7-13H,4-6H2,1-3H3. The molecule has 3 heterocycles. The molecule has 4 rings (SSSR count). The average molecular weight is 453 g/mol. The van der Waals surface area contributed by atoms with Crippen LogP contribution in [0.5, 0.6) is 0 Å². The Morgan fingerprint density at radius 1 is 1.06 bits per heavy atom. The lowest BCUT2D eigenvalue weighted by Crippen LogP contribution is -2.43. The molecular weight excluding hydrogens is 431 g/mol. The summed E-state index contributed by atoms with van der Waals surface area (Å²) >= 11 is 13.1. The number of aromatic nitrogens is 3. The molecule has 0 fully saturated rings. The van der Waals surface area contributed by atoms with Crippen LogP contribution in [0, 0.1) is 6.92 Å². The lowest BCUT2D eigenvalue weighted by Gasteiger charge is -2.11. The highest BCUT2D eigenvalue weighted by molar-refractivity contribution is 6.33. The number of aryl methyl sites for hydroxylation is 1. The van der Waals surface area contributed by atoms with Gasteiger partial charge in [-0.2, -0.15) is 0 Å². The molecule has 1 aliphatic rings. The van der Waals surface area contributed by atoms with Crippen LogP contribution in [0.25, 0.3) is 28.5 Å². The van der Waals surface area contributed by atoms with Crippen LogP contribution < -0.4 is 16.3 Å². The van der Waals surface area contributed by atoms with Crippen LogP contribution in [0.2, 0.25) is 5.02 Å². The van der Waals surface area contributed by atoms with E-state index in [9.17, 15) is 4.79 Å². The molecule has 0 aliphatic carbocycles. The van der Waals surface area contributed by atoms with E-state index < -0.39 is 0 Å². The number of nitrogens with zero attached hydrogens (tertiary/aromatic N) is 4. The minimum absolute atomic E-state index is 0.145. The van der Waals surface area contributed by atoms with Gasteiger partial charge >= 0.3 is 0 Å². The molecule has 7 heteroatoms. The van der Waals surface area contributed by atoms with Gasteiger partial charge in [0.15, 0.2) is 0 Å². The van der Waals surface area contributed by atoms with E-state index in [1.165, 1.54) is 0 Å². The van der Waals surface area contributed by atoms with Gasteiger partial charge in [0.2, 0.25) is 0 Å². The van der Waals surface area contributed by atoms with E-state index in [1.807, 2.05) is 38.1 Å². The van der Waals surface area contributed by atoms with Crippen molar-refractivity contribution in [1.29, 1.82) is 0 Å². The Balaban J connectivity index is 1.91. The SMILES string of the molecule is CCC1=C(Cl)N=c2c(cc(-c3ccc(-c4nccnc4C)cc3Cl)c(=O)n2CC)=CC1. The van der Waals surface area contributed by atoms with Crippen molar-refractivity contribution in [3.63, 3.8) is 0 Å². The second kappa shape index (κ2) is 8.77. The first kappa shape index (κ1) is 21.5. The average Bonchev–Trinajstić information content (AvgIpc) is 2.91. The monoisotopic (exact) mass is 452 g/mol. The largest absolute Gasteiger partial charge is 0.292 e. The van der Waals surface area contributed by atoms with Crippen LogP contribution in [0.15, 0.2) is 57.2 Å². The zero-order valence-electron chi connectivity index (χ0n) is 17.6. The quantitative estimate of drug-likeness (QED) is 0.542. The Bertz CT molecular complexity index is 1390. The van der Waals surface area contributed by atoms with Crippen molar-refractivity contribution < 1.29 is 0 Å². The minimum Gasteiger partial charge on any atom is -0.292 e. The first-order chi connectivity index (χ1) is 14.9. The molecule has 1 aromatic carbocycles. The molecule has 0 N–H and O–H groups in total. The molecule has 0 radical (unpaired) electrons. The maximum atomic E-state index is 13.4. The summed E-state index contributed by atoms with van der Waals surface area (Å²) in [4.78, 5) is 26.6. The number of benzene rings is 1. The number of fused-ring (bicyclic) bond motifs is 1. The van der Waals surface area contributed by atoms with Gasteiger partial charge in [0.05, 0.1) is 11.4 Å². The summed E-state index contributed by atoms with van der Waals surface area (Å²) in [6.45, 7) is 6.35. The summed E-state index contributed by atoms with van der Waals surface area (Å²) in [5.74, 6) is 0. The summed E-state index contributed by atoms with van der Waals surface area (Å²) in [6.07, 6.45) is 6.90. The van der Waals surface area contributed by atoms with Gasteiger partial charge in [0.25, 0.3) is 5.56 Å². The fraction of sp³-hybridized carbons (Fsp3) is 0.250. The molecule has 158 valence electrons. The molecule has 1 aliphatic heterocycles. The highest BCUT2D eigenvalue weighted by Crippen LogP contribution is 2.30. The number of rotatable bonds is 4. The van der Waals surface area contributed by atoms with Gasteiger partial charge in [-0.1, -0.05) is 48.3 Å². The Hall–Kier alpha value is -2.76. The molecule has 0 bridgehead atoms. The van der Waals surface area contributed by atoms with Crippen LogP contribution in [-0.2, 0) is 6.54 Å². The van der Waals surface area contributed by atoms with Crippen LogP contribution in [0.4, 0.5) is 0 Å². The van der Waals surface area contributed by atoms with Crippen molar-refractivity contribution in [1.82, 2.24) is 14.5 Å². The summed E-state index contributed by atoms with van der Waals surface area (Å²) in [6, 6.07) is 7.48. The van der Waals surface area contributed by atoms with Crippen molar-refractivity contribution in [2.45, 2.75) is 40.2 Å². The predicted octanol–water partition coefficient (Wildman–Crippen LogP) is 4.62. The number of hydrogen-bond acceptors (Lipinski definition) is 4. The van der Waals surface area contributed by atoms with E-state index in [4.69, 9.17) is 23.2 Å². The highest BCUT2D eigenvalue weighted by atomic mass is 35.5. The zero-order chi connectivity index (χ0) is 22.1. The van der Waals surface area contributed by atoms with E-state index >= 15 is 0 Å². The highest BCUT2D eigenvalue weighted by Gasteiger charge is 2.16. The molecular formula is C24H22Cl2N4O. The van der Waals surface area contributed by atoms with E-state index in [1.54, 1.807) is 17.0 Å². The topological polar surface area (TPSA) is 60.1 Å². The van der Waals surface area contributed by atoms with Crippen LogP contribution >= 0.6 is 23.2 Å². The van der Waals surface area contributed by atoms with Crippen molar-refractivity contribution in [2.24, 2.45) is 4.99 Å². The number of allylic oxidation sites excluding steroid dienone is 1. The van der Waals surface area contributed by atoms with E-state index in [0.29, 0.717) is 39.8 Å². The molecule has 0 atom stereocenters. The Morgan fingerprint density at radius 2 is 1.84 bits per heavy atom. The van der Waals surface area contributed by atoms with Gasteiger partial charge in [-0.3, -0.25) is 19.3 Å². The summed E-state index contributed by atoms with van der Waals surface area (Å²) in [7, 11) is 0. The Labute approximate surface area is 190 Å². The Kier molecular flexibility index (Phi) is 6.08. The first-order valence-corrected chi connectivity index (χ1v) is 11.0. The third kappa shape index (κ3) is 3.95. The molecule has 0 amide bonds. The second-order valence-corrected chi connectivity index (χ2v) is 8.10. The third-order valence-corrected chi connectivity index (χ3v) is 6.17. The summed E-state index contributed by atoms with van der Waals surface area (Å²) in [5, 5.41) is 1.83. The second-order valence-electron chi connectivity index (χ2n) is 7.34. The fourth-order valence-electron chi connectivity index (χ4n) is 3.79. The summed E-state index contributed by atoms with van der Waals surface area (Å²) in [5.41, 5.74) is 5.15. The van der Waals surface area contributed by atoms with Gasteiger partial charge in [-0.25, -0.2) is 4.99 Å². The maximum absolute atomic E-state index is 13.4. The maximum Gasteiger partial charge on any atom is 0.260 e. The molecule has 0 spiro atoms. The molecule has 5 nitrogen and oxygen atoms in total. The molecule has 0 saturated heterocycles. The van der Waals surface area contributed by atoms with Gasteiger partial charge in [0, 0.05) is 45.9 Å². The van der Waals surface area contributed by atoms with Crippen molar-refractivity contribution in [2.75, 3.05) is 0 Å². The van der Waals surface area contributed by atoms with Gasteiger partial charge in [-0.15, -0.1) is 0 Å². The lowest BCUT2D eigenvalue weighted by atomic mass is 10.0. The number of pyridine rings is 1.